The van der Waals surface area contributed by atoms with Crippen LogP contribution in [0, 0.1) is 0 Å². The lowest BCUT2D eigenvalue weighted by Crippen LogP contribution is -2.15. The summed E-state index contributed by atoms with van der Waals surface area (Å²) in [5.74, 6) is 0. The van der Waals surface area contributed by atoms with Gasteiger partial charge >= 0.3 is 0 Å². The summed E-state index contributed by atoms with van der Waals surface area (Å²) in [7, 11) is 0. The molecule has 0 fully saturated rings. The lowest BCUT2D eigenvalue weighted by atomic mass is 9.79. The minimum atomic E-state index is -0.177. The van der Waals surface area contributed by atoms with E-state index in [9.17, 15) is 0 Å². The van der Waals surface area contributed by atoms with Crippen LogP contribution in [0.25, 0.3) is 157 Å². The molecule has 0 saturated heterocycles. The molecule has 2 heterocycles. The van der Waals surface area contributed by atoms with Crippen LogP contribution in [-0.2, 0) is 21.7 Å². The minimum Gasteiger partial charge on any atom is -0.309 e. The van der Waals surface area contributed by atoms with E-state index >= 15 is 0 Å². The molecule has 0 saturated carbocycles. The second kappa shape index (κ2) is 21.8. The molecule has 14 aromatic carbocycles. The number of hydrogen-bond donors (Lipinski definition) is 0. The highest BCUT2D eigenvalue weighted by Gasteiger charge is 2.40. The van der Waals surface area contributed by atoms with E-state index in [1.807, 2.05) is 0 Å². The third kappa shape index (κ3) is 8.91. The van der Waals surface area contributed by atoms with Gasteiger partial charge in [0.05, 0.1) is 22.1 Å². The Morgan fingerprint density at radius 1 is 0.196 bits per heavy atom. The first-order valence-electron chi connectivity index (χ1n) is 36.3. The van der Waals surface area contributed by atoms with Crippen molar-refractivity contribution >= 4 is 67.9 Å². The van der Waals surface area contributed by atoms with Crippen molar-refractivity contribution in [2.24, 2.45) is 0 Å². The Bertz CT molecular complexity index is 5950. The van der Waals surface area contributed by atoms with E-state index in [-0.39, 0.29) is 21.7 Å². The molecular formula is C100H76N2. The fourth-order valence-corrected chi connectivity index (χ4v) is 18.6. The summed E-state index contributed by atoms with van der Waals surface area (Å²) in [6.07, 6.45) is 9.01. The van der Waals surface area contributed by atoms with E-state index < -0.39 is 0 Å². The molecule has 2 aromatic heterocycles. The second-order valence-corrected chi connectivity index (χ2v) is 31.3. The van der Waals surface area contributed by atoms with Gasteiger partial charge in [-0.25, -0.2) is 0 Å². The number of fused-ring (bicyclic) bond motifs is 18. The van der Waals surface area contributed by atoms with Crippen molar-refractivity contribution < 1.29 is 0 Å². The summed E-state index contributed by atoms with van der Waals surface area (Å²) >= 11 is 0. The molecule has 0 unspecified atom stereocenters. The SMILES string of the molecule is CC1(C)c2cc(-c3ccc(/C=C/c4ccc5c(c4)c4ccccc4n5-c4ccc5c(c4)C(C)(C)c4ccccc4-5)cc3)ccc2-c2ccc(-c3ccc4c(c3)C(C)(C)c3cc(-c5ccc(/C=C/c6ccc7c(c6)c6ccccc6n7-c6ccc7c(c6)C(C)(C)c6ccccc6-7)cc5)ccc3-4)cc21. The molecule has 4 aliphatic rings. The van der Waals surface area contributed by atoms with Gasteiger partial charge in [0.15, 0.2) is 0 Å². The first-order valence-corrected chi connectivity index (χ1v) is 36.3. The Morgan fingerprint density at radius 3 is 0.843 bits per heavy atom. The van der Waals surface area contributed by atoms with Crippen LogP contribution in [0.2, 0.25) is 0 Å². The topological polar surface area (TPSA) is 9.86 Å². The Balaban J connectivity index is 0.519. The largest absolute Gasteiger partial charge is 0.309 e. The third-order valence-electron chi connectivity index (χ3n) is 24.2. The Morgan fingerprint density at radius 2 is 0.461 bits per heavy atom. The first-order chi connectivity index (χ1) is 49.5. The van der Waals surface area contributed by atoms with Gasteiger partial charge in [-0.15, -0.1) is 0 Å². The zero-order valence-electron chi connectivity index (χ0n) is 58.9. The quantitative estimate of drug-likeness (QED) is 0.128. The van der Waals surface area contributed by atoms with Crippen LogP contribution in [0.4, 0.5) is 0 Å². The van der Waals surface area contributed by atoms with Crippen LogP contribution in [0.3, 0.4) is 0 Å². The first kappa shape index (κ1) is 60.1. The highest BCUT2D eigenvalue weighted by Crippen LogP contribution is 2.55. The van der Waals surface area contributed by atoms with Gasteiger partial charge in [0, 0.05) is 54.6 Å². The van der Waals surface area contributed by atoms with E-state index in [1.165, 1.54) is 200 Å². The molecule has 0 spiro atoms. The van der Waals surface area contributed by atoms with Gasteiger partial charge in [0.2, 0.25) is 0 Å². The van der Waals surface area contributed by atoms with Crippen LogP contribution in [0.1, 0.15) is 122 Å². The maximum absolute atomic E-state index is 2.47. The van der Waals surface area contributed by atoms with Crippen molar-refractivity contribution in [3.63, 3.8) is 0 Å². The highest BCUT2D eigenvalue weighted by molar-refractivity contribution is 6.11. The number of benzene rings is 14. The molecule has 16 aromatic rings. The second-order valence-electron chi connectivity index (χ2n) is 31.3. The molecule has 0 atom stereocenters. The molecule has 2 heteroatoms. The Labute approximate surface area is 597 Å². The van der Waals surface area contributed by atoms with E-state index in [4.69, 9.17) is 0 Å². The molecule has 2 nitrogen and oxygen atoms in total. The number of aromatic nitrogens is 2. The van der Waals surface area contributed by atoms with Gasteiger partial charge in [0.1, 0.15) is 0 Å². The summed E-state index contributed by atoms with van der Waals surface area (Å²) < 4.78 is 4.90. The van der Waals surface area contributed by atoms with Crippen molar-refractivity contribution in [3.8, 4) is 89.3 Å². The average molecular weight is 1310 g/mol. The number of rotatable bonds is 9. The zero-order chi connectivity index (χ0) is 68.7. The molecule has 4 aliphatic carbocycles. The lowest BCUT2D eigenvalue weighted by molar-refractivity contribution is 0.660. The fourth-order valence-electron chi connectivity index (χ4n) is 18.6. The van der Waals surface area contributed by atoms with Crippen LogP contribution in [0.15, 0.2) is 291 Å². The summed E-state index contributed by atoms with van der Waals surface area (Å²) in [4.78, 5) is 0. The third-order valence-corrected chi connectivity index (χ3v) is 24.2. The van der Waals surface area contributed by atoms with E-state index in [0.29, 0.717) is 0 Å². The van der Waals surface area contributed by atoms with Crippen molar-refractivity contribution in [3.05, 3.63) is 358 Å². The summed E-state index contributed by atoms with van der Waals surface area (Å²) in [5.41, 5.74) is 40.7. The van der Waals surface area contributed by atoms with Gasteiger partial charge in [-0.05, 0) is 230 Å². The molecule has 20 rings (SSSR count). The van der Waals surface area contributed by atoms with Crippen LogP contribution >= 0.6 is 0 Å². The van der Waals surface area contributed by atoms with Crippen LogP contribution in [0.5, 0.6) is 0 Å². The molecule has 0 radical (unpaired) electrons. The standard InChI is InChI=1S/C100H76N2/c1-97(2)85-21-13-9-17-73(85)79-49-43-71(59-91(79)97)101-93-23-15-11-19-81(93)83-53-63(33-51-95(83)101)27-25-61-29-35-65(36-30-61)67-39-45-75-77-47-41-69(57-89(77)99(5,6)87(75)55-67)70-42-48-78-76-46-40-68(56-88(76)100(7,8)90(78)58-70)66-37-31-62(32-38-66)26-28-64-34-52-96-84(54-64)82-20-12-16-24-94(82)102(96)72-44-50-80-74-18-10-14-22-86(74)98(3,4)92(80)60-72/h9-60H,1-8H3/b27-25+,28-26+. The summed E-state index contributed by atoms with van der Waals surface area (Å²) in [5, 5.41) is 5.05. The monoisotopic (exact) mass is 1300 g/mol. The summed E-state index contributed by atoms with van der Waals surface area (Å²) in [6.45, 7) is 19.1. The summed E-state index contributed by atoms with van der Waals surface area (Å²) in [6, 6.07) is 110. The zero-order valence-corrected chi connectivity index (χ0v) is 58.9. The van der Waals surface area contributed by atoms with Gasteiger partial charge < -0.3 is 9.13 Å². The number of nitrogens with zero attached hydrogens (tertiary/aromatic N) is 2. The minimum absolute atomic E-state index is 0.0668. The highest BCUT2D eigenvalue weighted by atomic mass is 15.0. The van der Waals surface area contributed by atoms with Crippen molar-refractivity contribution in [1.29, 1.82) is 0 Å². The molecule has 0 bridgehead atoms. The smallest absolute Gasteiger partial charge is 0.0541 e. The van der Waals surface area contributed by atoms with Crippen molar-refractivity contribution in [1.82, 2.24) is 9.13 Å². The lowest BCUT2D eigenvalue weighted by Gasteiger charge is -2.24. The van der Waals surface area contributed by atoms with Crippen LogP contribution in [-0.4, -0.2) is 9.13 Å². The van der Waals surface area contributed by atoms with E-state index in [0.717, 1.165) is 0 Å². The van der Waals surface area contributed by atoms with Gasteiger partial charge in [-0.2, -0.15) is 0 Å². The van der Waals surface area contributed by atoms with Gasteiger partial charge in [0.25, 0.3) is 0 Å². The number of para-hydroxylation sites is 2. The molecule has 102 heavy (non-hydrogen) atoms. The average Bonchev–Trinajstić information content (AvgIpc) is 1.59. The molecule has 0 amide bonds. The van der Waals surface area contributed by atoms with Crippen molar-refractivity contribution in [2.75, 3.05) is 0 Å². The van der Waals surface area contributed by atoms with Gasteiger partial charge in [-0.1, -0.05) is 286 Å². The van der Waals surface area contributed by atoms with Gasteiger partial charge in [-0.3, -0.25) is 0 Å². The Hall–Kier alpha value is -11.8. The van der Waals surface area contributed by atoms with Crippen LogP contribution < -0.4 is 0 Å². The molecule has 0 N–H and O–H groups in total. The predicted octanol–water partition coefficient (Wildman–Crippen LogP) is 26.4. The molecular weight excluding hydrogens is 1230 g/mol. The van der Waals surface area contributed by atoms with Crippen molar-refractivity contribution in [2.45, 2.75) is 77.0 Å². The van der Waals surface area contributed by atoms with E-state index in [1.54, 1.807) is 0 Å². The number of hydrogen-bond acceptors (Lipinski definition) is 0. The normalized spacial score (nSPS) is 15.1. The maximum Gasteiger partial charge on any atom is 0.0541 e. The fraction of sp³-hybridized carbons (Fsp3) is 0.120. The maximum atomic E-state index is 2.47. The Kier molecular flexibility index (Phi) is 12.9. The van der Waals surface area contributed by atoms with E-state index in [2.05, 4.69) is 380 Å². The molecule has 0 aliphatic heterocycles. The predicted molar refractivity (Wildman–Crippen MR) is 432 cm³/mol. The molecule has 486 valence electrons.